The Morgan fingerprint density at radius 1 is 1.12 bits per heavy atom. The van der Waals surface area contributed by atoms with Crippen LogP contribution in [0, 0.1) is 31.1 Å². The molecule has 1 aromatic carbocycles. The fourth-order valence-corrected chi connectivity index (χ4v) is 4.96. The SMILES string of the molecule is CC#Cc1cc(C)c(C2C(=O)CC3(C=CN(C(=O)c4ccccn4)CC3)CC2=O)c(C)c1. The maximum Gasteiger partial charge on any atom is 0.276 e. The summed E-state index contributed by atoms with van der Waals surface area (Å²) in [5.74, 6) is 4.96. The van der Waals surface area contributed by atoms with Gasteiger partial charge in [0.15, 0.2) is 0 Å². The molecule has 1 aliphatic heterocycles. The standard InChI is InChI=1S/C27H26N2O3/c1-4-7-20-14-18(2)24(19(3)15-20)25-22(30)16-27(17-23(25)31)9-12-29(13-10-27)26(32)21-8-5-6-11-28-21/h5-6,8-9,11-12,14-15,25H,10,13,16-17H2,1-3H3. The highest BCUT2D eigenvalue weighted by atomic mass is 16.2. The van der Waals surface area contributed by atoms with E-state index in [0.29, 0.717) is 31.5 Å². The molecule has 4 rings (SSSR count). The van der Waals surface area contributed by atoms with E-state index in [1.165, 1.54) is 0 Å². The van der Waals surface area contributed by atoms with E-state index in [-0.39, 0.29) is 17.5 Å². The molecular weight excluding hydrogens is 400 g/mol. The number of amides is 1. The van der Waals surface area contributed by atoms with Crippen LogP contribution in [-0.4, -0.2) is 33.9 Å². The Balaban J connectivity index is 1.55. The Morgan fingerprint density at radius 2 is 1.81 bits per heavy atom. The number of hydrogen-bond donors (Lipinski definition) is 0. The third-order valence-electron chi connectivity index (χ3n) is 6.45. The zero-order chi connectivity index (χ0) is 22.9. The molecule has 2 aromatic rings. The lowest BCUT2D eigenvalue weighted by molar-refractivity contribution is -0.135. The number of hydrogen-bond acceptors (Lipinski definition) is 4. The summed E-state index contributed by atoms with van der Waals surface area (Å²) in [6.45, 7) is 6.12. The van der Waals surface area contributed by atoms with E-state index in [9.17, 15) is 14.4 Å². The molecule has 2 heterocycles. The molecule has 0 saturated heterocycles. The summed E-state index contributed by atoms with van der Waals surface area (Å²) in [5, 5.41) is 0. The predicted molar refractivity (Wildman–Crippen MR) is 122 cm³/mol. The van der Waals surface area contributed by atoms with Gasteiger partial charge in [0.25, 0.3) is 5.91 Å². The number of aryl methyl sites for hydroxylation is 2. The van der Waals surface area contributed by atoms with Crippen molar-refractivity contribution >= 4 is 17.5 Å². The number of pyridine rings is 1. The van der Waals surface area contributed by atoms with Crippen molar-refractivity contribution in [1.29, 1.82) is 0 Å². The van der Waals surface area contributed by atoms with E-state index in [1.54, 1.807) is 42.4 Å². The monoisotopic (exact) mass is 426 g/mol. The van der Waals surface area contributed by atoms with Gasteiger partial charge < -0.3 is 4.90 Å². The maximum absolute atomic E-state index is 13.3. The first kappa shape index (κ1) is 21.7. The molecule has 0 unspecified atom stereocenters. The van der Waals surface area contributed by atoms with Crippen molar-refractivity contribution in [3.8, 4) is 11.8 Å². The Labute approximate surface area is 188 Å². The van der Waals surface area contributed by atoms with Gasteiger partial charge in [-0.2, -0.15) is 0 Å². The van der Waals surface area contributed by atoms with Crippen LogP contribution in [0.3, 0.4) is 0 Å². The summed E-state index contributed by atoms with van der Waals surface area (Å²) in [6, 6.07) is 9.12. The number of aromatic nitrogens is 1. The van der Waals surface area contributed by atoms with Gasteiger partial charge in [0.05, 0.1) is 0 Å². The quantitative estimate of drug-likeness (QED) is 0.535. The number of carbonyl (C=O) groups is 3. The topological polar surface area (TPSA) is 67.3 Å². The molecule has 0 N–H and O–H groups in total. The fourth-order valence-electron chi connectivity index (χ4n) is 4.96. The van der Waals surface area contributed by atoms with Crippen molar-refractivity contribution in [1.82, 2.24) is 9.88 Å². The van der Waals surface area contributed by atoms with E-state index in [1.807, 2.05) is 32.1 Å². The van der Waals surface area contributed by atoms with E-state index in [2.05, 4.69) is 16.8 Å². The first-order valence-corrected chi connectivity index (χ1v) is 10.8. The second-order valence-corrected chi connectivity index (χ2v) is 8.76. The van der Waals surface area contributed by atoms with E-state index in [0.717, 1.165) is 22.3 Å². The van der Waals surface area contributed by atoms with E-state index < -0.39 is 11.3 Å². The molecule has 5 heteroatoms. The van der Waals surface area contributed by atoms with Crippen molar-refractivity contribution in [2.75, 3.05) is 6.54 Å². The van der Waals surface area contributed by atoms with Gasteiger partial charge in [-0.25, -0.2) is 0 Å². The van der Waals surface area contributed by atoms with Gasteiger partial charge in [-0.1, -0.05) is 18.1 Å². The van der Waals surface area contributed by atoms with Crippen LogP contribution in [-0.2, 0) is 9.59 Å². The number of allylic oxidation sites excluding steroid dienone is 1. The van der Waals surface area contributed by atoms with Crippen LogP contribution in [0.25, 0.3) is 0 Å². The second-order valence-electron chi connectivity index (χ2n) is 8.76. The highest BCUT2D eigenvalue weighted by molar-refractivity contribution is 6.11. The second kappa shape index (κ2) is 8.55. The van der Waals surface area contributed by atoms with Crippen LogP contribution in [0.4, 0.5) is 0 Å². The molecule has 5 nitrogen and oxygen atoms in total. The average molecular weight is 427 g/mol. The third-order valence-corrected chi connectivity index (χ3v) is 6.45. The molecule has 1 aromatic heterocycles. The van der Waals surface area contributed by atoms with Crippen LogP contribution in [0.5, 0.6) is 0 Å². The van der Waals surface area contributed by atoms with Gasteiger partial charge in [-0.05, 0) is 68.1 Å². The Bertz CT molecular complexity index is 1140. The first-order chi connectivity index (χ1) is 15.3. The number of carbonyl (C=O) groups excluding carboxylic acids is 3. The highest BCUT2D eigenvalue weighted by Crippen LogP contribution is 2.45. The summed E-state index contributed by atoms with van der Waals surface area (Å²) in [5.41, 5.74) is 3.44. The van der Waals surface area contributed by atoms with Crippen molar-refractivity contribution in [2.45, 2.75) is 46.0 Å². The minimum absolute atomic E-state index is 0.0454. The molecule has 1 amide bonds. The normalized spacial score (nSPS) is 22.6. The fraction of sp³-hybridized carbons (Fsp3) is 0.333. The molecule has 0 atom stereocenters. The van der Waals surface area contributed by atoms with Crippen molar-refractivity contribution in [3.05, 3.63) is 76.8 Å². The zero-order valence-corrected chi connectivity index (χ0v) is 18.6. The molecule has 1 spiro atoms. The number of ketones is 2. The lowest BCUT2D eigenvalue weighted by Crippen LogP contribution is -2.43. The summed E-state index contributed by atoms with van der Waals surface area (Å²) in [6.07, 6.45) is 6.38. The molecule has 1 saturated carbocycles. The summed E-state index contributed by atoms with van der Waals surface area (Å²) < 4.78 is 0. The molecule has 2 aliphatic rings. The van der Waals surface area contributed by atoms with Crippen molar-refractivity contribution < 1.29 is 14.4 Å². The summed E-state index contributed by atoms with van der Waals surface area (Å²) >= 11 is 0. The van der Waals surface area contributed by atoms with Gasteiger partial charge in [0, 0.05) is 42.8 Å². The molecular formula is C27H26N2O3. The molecule has 0 radical (unpaired) electrons. The smallest absolute Gasteiger partial charge is 0.276 e. The van der Waals surface area contributed by atoms with Gasteiger partial charge in [-0.15, -0.1) is 5.92 Å². The van der Waals surface area contributed by atoms with Gasteiger partial charge in [0.2, 0.25) is 0 Å². The Kier molecular flexibility index (Phi) is 5.80. The number of rotatable bonds is 2. The van der Waals surface area contributed by atoms with E-state index >= 15 is 0 Å². The minimum Gasteiger partial charge on any atom is -0.314 e. The average Bonchev–Trinajstić information content (AvgIpc) is 2.76. The molecule has 32 heavy (non-hydrogen) atoms. The summed E-state index contributed by atoms with van der Waals surface area (Å²) in [4.78, 5) is 44.9. The van der Waals surface area contributed by atoms with Gasteiger partial charge >= 0.3 is 0 Å². The number of Topliss-reactive ketones (excluding diaryl/α,β-unsaturated/α-hetero) is 2. The molecule has 162 valence electrons. The van der Waals surface area contributed by atoms with Crippen LogP contribution in [0.1, 0.15) is 64.8 Å². The Morgan fingerprint density at radius 3 is 2.34 bits per heavy atom. The van der Waals surface area contributed by atoms with Gasteiger partial charge in [-0.3, -0.25) is 19.4 Å². The Hall–Kier alpha value is -3.52. The van der Waals surface area contributed by atoms with Crippen LogP contribution in [0.2, 0.25) is 0 Å². The largest absolute Gasteiger partial charge is 0.314 e. The van der Waals surface area contributed by atoms with Crippen molar-refractivity contribution in [3.63, 3.8) is 0 Å². The highest BCUT2D eigenvalue weighted by Gasteiger charge is 2.46. The lowest BCUT2D eigenvalue weighted by Gasteiger charge is -2.40. The molecule has 1 fully saturated rings. The predicted octanol–water partition coefficient (Wildman–Crippen LogP) is 4.13. The maximum atomic E-state index is 13.3. The van der Waals surface area contributed by atoms with Crippen LogP contribution < -0.4 is 0 Å². The van der Waals surface area contributed by atoms with Crippen LogP contribution in [0.15, 0.2) is 48.8 Å². The zero-order valence-electron chi connectivity index (χ0n) is 18.6. The minimum atomic E-state index is -0.717. The number of benzene rings is 1. The number of nitrogens with zero attached hydrogens (tertiary/aromatic N) is 2. The lowest BCUT2D eigenvalue weighted by atomic mass is 9.64. The molecule has 1 aliphatic carbocycles. The van der Waals surface area contributed by atoms with Crippen LogP contribution >= 0.6 is 0 Å². The first-order valence-electron chi connectivity index (χ1n) is 10.8. The van der Waals surface area contributed by atoms with Gasteiger partial charge in [0.1, 0.15) is 23.2 Å². The third kappa shape index (κ3) is 4.01. The van der Waals surface area contributed by atoms with Crippen molar-refractivity contribution in [2.24, 2.45) is 5.41 Å². The van der Waals surface area contributed by atoms with E-state index in [4.69, 9.17) is 0 Å². The molecule has 0 bridgehead atoms. The summed E-state index contributed by atoms with van der Waals surface area (Å²) in [7, 11) is 0.